The molecule has 0 saturated carbocycles. The lowest BCUT2D eigenvalue weighted by Crippen LogP contribution is -2.42. The SMILES string of the molecule is COc1ccc2nccc([C@H](O)CC[C@@H]3CCN(CCCc4cccnn4)C[C@@H]3CC(=O)O)c2c1. The van der Waals surface area contributed by atoms with Crippen molar-refractivity contribution in [2.45, 2.75) is 44.6 Å². The number of aliphatic carboxylic acids is 1. The van der Waals surface area contributed by atoms with Gasteiger partial charge in [-0.3, -0.25) is 9.78 Å². The first kappa shape index (κ1) is 25.0. The summed E-state index contributed by atoms with van der Waals surface area (Å²) in [6.07, 6.45) is 7.09. The minimum Gasteiger partial charge on any atom is -0.497 e. The molecule has 0 unspecified atom stereocenters. The van der Waals surface area contributed by atoms with Crippen LogP contribution in [0.15, 0.2) is 48.8 Å². The van der Waals surface area contributed by atoms with Crippen molar-refractivity contribution in [2.75, 3.05) is 26.7 Å². The number of fused-ring (bicyclic) bond motifs is 1. The Morgan fingerprint density at radius 3 is 2.89 bits per heavy atom. The van der Waals surface area contributed by atoms with Crippen molar-refractivity contribution < 1.29 is 19.7 Å². The van der Waals surface area contributed by atoms with Crippen LogP contribution >= 0.6 is 0 Å². The van der Waals surface area contributed by atoms with Crippen LogP contribution < -0.4 is 4.74 Å². The van der Waals surface area contributed by atoms with Crippen molar-refractivity contribution in [3.05, 3.63) is 60.0 Å². The topological polar surface area (TPSA) is 109 Å². The molecular formula is C27H34N4O4. The fourth-order valence-corrected chi connectivity index (χ4v) is 5.24. The lowest BCUT2D eigenvalue weighted by Gasteiger charge is -2.38. The normalized spacial score (nSPS) is 19.5. The van der Waals surface area contributed by atoms with E-state index in [2.05, 4.69) is 20.1 Å². The first-order chi connectivity index (χ1) is 17.0. The maximum atomic E-state index is 11.6. The lowest BCUT2D eigenvalue weighted by atomic mass is 9.79. The zero-order valence-electron chi connectivity index (χ0n) is 20.2. The molecule has 1 saturated heterocycles. The minimum atomic E-state index is -0.755. The van der Waals surface area contributed by atoms with Crippen molar-refractivity contribution in [3.63, 3.8) is 0 Å². The van der Waals surface area contributed by atoms with Crippen LogP contribution in [0.5, 0.6) is 5.75 Å². The third-order valence-electron chi connectivity index (χ3n) is 7.10. The van der Waals surface area contributed by atoms with E-state index in [-0.39, 0.29) is 18.3 Å². The van der Waals surface area contributed by atoms with E-state index in [4.69, 9.17) is 4.74 Å². The van der Waals surface area contributed by atoms with Gasteiger partial charge in [0.05, 0.1) is 24.4 Å². The number of ether oxygens (including phenoxy) is 1. The third kappa shape index (κ3) is 6.74. The van der Waals surface area contributed by atoms with Gasteiger partial charge < -0.3 is 19.8 Å². The third-order valence-corrected chi connectivity index (χ3v) is 7.10. The van der Waals surface area contributed by atoms with Gasteiger partial charge in [0.1, 0.15) is 5.75 Å². The summed E-state index contributed by atoms with van der Waals surface area (Å²) in [4.78, 5) is 18.4. The summed E-state index contributed by atoms with van der Waals surface area (Å²) in [6.45, 7) is 2.66. The van der Waals surface area contributed by atoms with Gasteiger partial charge in [-0.25, -0.2) is 0 Å². The van der Waals surface area contributed by atoms with Gasteiger partial charge in [-0.15, -0.1) is 0 Å². The lowest BCUT2D eigenvalue weighted by molar-refractivity contribution is -0.139. The Kier molecular flexibility index (Phi) is 8.60. The van der Waals surface area contributed by atoms with Crippen LogP contribution in [-0.4, -0.2) is 63.0 Å². The molecule has 4 rings (SSSR count). The second kappa shape index (κ2) is 12.0. The zero-order chi connectivity index (χ0) is 24.6. The highest BCUT2D eigenvalue weighted by molar-refractivity contribution is 5.83. The number of piperidine rings is 1. The number of likely N-dealkylation sites (tertiary alicyclic amines) is 1. The molecule has 0 amide bonds. The van der Waals surface area contributed by atoms with Gasteiger partial charge in [0.2, 0.25) is 0 Å². The number of hydrogen-bond donors (Lipinski definition) is 2. The number of nitrogens with zero attached hydrogens (tertiary/aromatic N) is 4. The number of carboxylic acid groups (broad SMARTS) is 1. The van der Waals surface area contributed by atoms with Crippen LogP contribution in [0.25, 0.3) is 10.9 Å². The van der Waals surface area contributed by atoms with Gasteiger partial charge in [0, 0.05) is 30.7 Å². The molecule has 8 heteroatoms. The van der Waals surface area contributed by atoms with Crippen molar-refractivity contribution in [2.24, 2.45) is 11.8 Å². The van der Waals surface area contributed by atoms with Crippen molar-refractivity contribution in [1.82, 2.24) is 20.1 Å². The highest BCUT2D eigenvalue weighted by atomic mass is 16.5. The molecule has 8 nitrogen and oxygen atoms in total. The van der Waals surface area contributed by atoms with Crippen LogP contribution in [0, 0.1) is 11.8 Å². The van der Waals surface area contributed by atoms with Crippen LogP contribution in [-0.2, 0) is 11.2 Å². The number of aromatic nitrogens is 3. The molecule has 186 valence electrons. The molecule has 3 heterocycles. The molecule has 1 aliphatic heterocycles. The fourth-order valence-electron chi connectivity index (χ4n) is 5.24. The Balaban J connectivity index is 1.35. The second-order valence-electron chi connectivity index (χ2n) is 9.40. The first-order valence-corrected chi connectivity index (χ1v) is 12.3. The number of aliphatic hydroxyl groups is 1. The number of pyridine rings is 1. The smallest absolute Gasteiger partial charge is 0.303 e. The van der Waals surface area contributed by atoms with Crippen LogP contribution in [0.3, 0.4) is 0 Å². The van der Waals surface area contributed by atoms with Crippen LogP contribution in [0.2, 0.25) is 0 Å². The quantitative estimate of drug-likeness (QED) is 0.427. The molecule has 3 aromatic rings. The molecule has 1 fully saturated rings. The predicted molar refractivity (Wildman–Crippen MR) is 133 cm³/mol. The van der Waals surface area contributed by atoms with Gasteiger partial charge >= 0.3 is 5.97 Å². The van der Waals surface area contributed by atoms with E-state index in [9.17, 15) is 15.0 Å². The number of hydrogen-bond acceptors (Lipinski definition) is 7. The summed E-state index contributed by atoms with van der Waals surface area (Å²) in [7, 11) is 1.62. The Hall–Kier alpha value is -3.10. The fraction of sp³-hybridized carbons (Fsp3) is 0.481. The van der Waals surface area contributed by atoms with Gasteiger partial charge in [-0.1, -0.05) is 0 Å². The summed E-state index contributed by atoms with van der Waals surface area (Å²) in [5, 5.41) is 29.5. The van der Waals surface area contributed by atoms with Gasteiger partial charge in [-0.2, -0.15) is 10.2 Å². The molecule has 35 heavy (non-hydrogen) atoms. The first-order valence-electron chi connectivity index (χ1n) is 12.3. The Bertz CT molecular complexity index is 1110. The van der Waals surface area contributed by atoms with Crippen LogP contribution in [0.1, 0.15) is 49.5 Å². The van der Waals surface area contributed by atoms with E-state index >= 15 is 0 Å². The summed E-state index contributed by atoms with van der Waals surface area (Å²) in [5.41, 5.74) is 2.64. The van der Waals surface area contributed by atoms with Crippen LogP contribution in [0.4, 0.5) is 0 Å². The predicted octanol–water partition coefficient (Wildman–Crippen LogP) is 3.89. The van der Waals surface area contributed by atoms with E-state index < -0.39 is 12.1 Å². The monoisotopic (exact) mass is 478 g/mol. The molecule has 2 N–H and O–H groups in total. The molecule has 3 atom stereocenters. The Morgan fingerprint density at radius 2 is 2.11 bits per heavy atom. The average Bonchev–Trinajstić information content (AvgIpc) is 2.87. The highest BCUT2D eigenvalue weighted by Gasteiger charge is 2.31. The molecule has 1 aliphatic rings. The number of aryl methyl sites for hydroxylation is 1. The van der Waals surface area contributed by atoms with E-state index in [1.54, 1.807) is 19.5 Å². The summed E-state index contributed by atoms with van der Waals surface area (Å²) >= 11 is 0. The van der Waals surface area contributed by atoms with Crippen molar-refractivity contribution >= 4 is 16.9 Å². The van der Waals surface area contributed by atoms with E-state index in [1.165, 1.54) is 0 Å². The molecule has 0 aliphatic carbocycles. The van der Waals surface area contributed by atoms with Gasteiger partial charge in [0.15, 0.2) is 0 Å². The Morgan fingerprint density at radius 1 is 1.23 bits per heavy atom. The summed E-state index contributed by atoms with van der Waals surface area (Å²) < 4.78 is 5.35. The van der Waals surface area contributed by atoms with Gasteiger partial charge in [-0.05, 0) is 99.0 Å². The maximum absolute atomic E-state index is 11.6. The second-order valence-corrected chi connectivity index (χ2v) is 9.40. The molecule has 0 radical (unpaired) electrons. The number of rotatable bonds is 11. The van der Waals surface area contributed by atoms with Gasteiger partial charge in [0.25, 0.3) is 0 Å². The average molecular weight is 479 g/mol. The van der Waals surface area contributed by atoms with Crippen molar-refractivity contribution in [1.29, 1.82) is 0 Å². The molecule has 0 spiro atoms. The maximum Gasteiger partial charge on any atom is 0.303 e. The number of aliphatic hydroxyl groups excluding tert-OH is 1. The molecule has 2 aromatic heterocycles. The van der Waals surface area contributed by atoms with Crippen molar-refractivity contribution in [3.8, 4) is 5.75 Å². The minimum absolute atomic E-state index is 0.0826. The molecule has 0 bridgehead atoms. The summed E-state index contributed by atoms with van der Waals surface area (Å²) in [5.74, 6) is 0.334. The Labute approximate surface area is 206 Å². The highest BCUT2D eigenvalue weighted by Crippen LogP contribution is 2.34. The molecule has 1 aromatic carbocycles. The van der Waals surface area contributed by atoms with E-state index in [0.29, 0.717) is 6.42 Å². The molecular weight excluding hydrogens is 444 g/mol. The number of carboxylic acids is 1. The number of methoxy groups -OCH3 is 1. The van der Waals surface area contributed by atoms with E-state index in [0.717, 1.165) is 73.2 Å². The largest absolute Gasteiger partial charge is 0.497 e. The standard InChI is InChI=1S/C27H34N4O4/c1-35-22-7-8-25-24(17-22)23(10-13-28-25)26(32)9-6-19-11-15-31(18-20(19)16-27(33)34)14-3-5-21-4-2-12-29-30-21/h2,4,7-8,10,12-13,17,19-20,26,32H,3,5-6,9,11,14-16,18H2,1H3,(H,33,34)/t19-,20+,26-/m1/s1. The zero-order valence-corrected chi connectivity index (χ0v) is 20.2. The summed E-state index contributed by atoms with van der Waals surface area (Å²) in [6, 6.07) is 11.4. The van der Waals surface area contributed by atoms with E-state index in [1.807, 2.05) is 36.4 Å². The number of benzene rings is 1. The number of carbonyl (C=O) groups is 1.